The van der Waals surface area contributed by atoms with Crippen LogP contribution in [0.15, 0.2) is 16.7 Å². The lowest BCUT2D eigenvalue weighted by Crippen LogP contribution is -2.31. The second-order valence-electron chi connectivity index (χ2n) is 5.83. The number of benzene rings is 1. The van der Waals surface area contributed by atoms with E-state index in [2.05, 4.69) is 15.0 Å². The van der Waals surface area contributed by atoms with Crippen LogP contribution in [-0.4, -0.2) is 62.7 Å². The van der Waals surface area contributed by atoms with Crippen LogP contribution in [0.3, 0.4) is 0 Å². The third kappa shape index (κ3) is 3.54. The summed E-state index contributed by atoms with van der Waals surface area (Å²) < 4.78 is 27.0. The molecule has 2 heterocycles. The minimum atomic E-state index is 0.381. The Hall–Kier alpha value is -2.32. The molecule has 3 rings (SSSR count). The van der Waals surface area contributed by atoms with E-state index in [0.29, 0.717) is 47.1 Å². The summed E-state index contributed by atoms with van der Waals surface area (Å²) >= 11 is 0. The summed E-state index contributed by atoms with van der Waals surface area (Å²) in [4.78, 5) is 6.66. The molecule has 1 aromatic heterocycles. The zero-order valence-corrected chi connectivity index (χ0v) is 14.9. The van der Waals surface area contributed by atoms with Crippen molar-refractivity contribution in [3.63, 3.8) is 0 Å². The van der Waals surface area contributed by atoms with Gasteiger partial charge in [0.25, 0.3) is 0 Å². The van der Waals surface area contributed by atoms with Crippen LogP contribution in [0.1, 0.15) is 12.3 Å². The fraction of sp³-hybridized carbons (Fsp3) is 0.529. The molecule has 1 saturated heterocycles. The second-order valence-corrected chi connectivity index (χ2v) is 5.83. The Morgan fingerprint density at radius 1 is 1.16 bits per heavy atom. The van der Waals surface area contributed by atoms with Gasteiger partial charge in [-0.1, -0.05) is 5.16 Å². The lowest BCUT2D eigenvalue weighted by atomic mass is 10.1. The van der Waals surface area contributed by atoms with E-state index in [4.69, 9.17) is 23.5 Å². The maximum atomic E-state index is 5.48. The predicted molar refractivity (Wildman–Crippen MR) is 90.1 cm³/mol. The molecule has 1 unspecified atom stereocenters. The Morgan fingerprint density at radius 3 is 2.60 bits per heavy atom. The summed E-state index contributed by atoms with van der Waals surface area (Å²) in [5.41, 5.74) is 0.682. The Morgan fingerprint density at radius 2 is 1.96 bits per heavy atom. The highest BCUT2D eigenvalue weighted by Crippen LogP contribution is 2.43. The van der Waals surface area contributed by atoms with E-state index in [-0.39, 0.29) is 0 Å². The summed E-state index contributed by atoms with van der Waals surface area (Å²) in [7, 11) is 6.73. The molecule has 25 heavy (non-hydrogen) atoms. The molecule has 0 amide bonds. The van der Waals surface area contributed by atoms with E-state index in [9.17, 15) is 0 Å². The lowest BCUT2D eigenvalue weighted by Gasteiger charge is -2.20. The van der Waals surface area contributed by atoms with Gasteiger partial charge in [0.1, 0.15) is 0 Å². The van der Waals surface area contributed by atoms with Crippen molar-refractivity contribution in [2.45, 2.75) is 19.0 Å². The summed E-state index contributed by atoms with van der Waals surface area (Å²) in [5, 5.41) is 4.09. The number of nitrogens with zero attached hydrogens (tertiary/aromatic N) is 3. The van der Waals surface area contributed by atoms with Gasteiger partial charge in [-0.25, -0.2) is 0 Å². The topological polar surface area (TPSA) is 79.1 Å². The Kier molecular flexibility index (Phi) is 5.40. The lowest BCUT2D eigenvalue weighted by molar-refractivity contribution is 0.148. The van der Waals surface area contributed by atoms with Crippen molar-refractivity contribution in [2.75, 3.05) is 41.6 Å². The molecule has 1 aromatic carbocycles. The van der Waals surface area contributed by atoms with E-state index in [1.54, 1.807) is 27.4 Å². The van der Waals surface area contributed by atoms with Gasteiger partial charge in [0.05, 0.1) is 40.0 Å². The average molecular weight is 349 g/mol. The molecule has 0 aliphatic carbocycles. The first kappa shape index (κ1) is 17.5. The molecule has 0 bridgehead atoms. The van der Waals surface area contributed by atoms with Crippen molar-refractivity contribution in [3.8, 4) is 28.6 Å². The summed E-state index contributed by atoms with van der Waals surface area (Å²) in [6, 6.07) is 3.99. The minimum Gasteiger partial charge on any atom is -0.493 e. The van der Waals surface area contributed by atoms with Gasteiger partial charge in [0.2, 0.25) is 17.5 Å². The summed E-state index contributed by atoms with van der Waals surface area (Å²) in [6.45, 7) is 2.10. The summed E-state index contributed by atoms with van der Waals surface area (Å²) in [6.07, 6.45) is 1.01. The molecule has 2 aromatic rings. The van der Waals surface area contributed by atoms with Crippen LogP contribution in [-0.2, 0) is 11.3 Å². The smallest absolute Gasteiger partial charge is 0.241 e. The molecule has 0 radical (unpaired) electrons. The third-order valence-corrected chi connectivity index (χ3v) is 4.33. The summed E-state index contributed by atoms with van der Waals surface area (Å²) in [5.74, 6) is 2.57. The number of methoxy groups -OCH3 is 3. The van der Waals surface area contributed by atoms with Crippen molar-refractivity contribution in [1.82, 2.24) is 15.0 Å². The van der Waals surface area contributed by atoms with Crippen LogP contribution >= 0.6 is 0 Å². The Bertz CT molecular complexity index is 712. The number of hydrogen-bond donors (Lipinski definition) is 0. The first-order valence-electron chi connectivity index (χ1n) is 8.07. The number of rotatable bonds is 7. The van der Waals surface area contributed by atoms with Gasteiger partial charge >= 0.3 is 0 Å². The third-order valence-electron chi connectivity index (χ3n) is 4.33. The standard InChI is InChI=1S/C17H23N3O5/c1-20(11-7-8-24-10-11)9-14-18-17(19-25-14)12-5-6-13(21-2)16(23-4)15(12)22-3/h5-6,11H,7-10H2,1-4H3. The van der Waals surface area contributed by atoms with Crippen LogP contribution in [0.5, 0.6) is 17.2 Å². The van der Waals surface area contributed by atoms with Crippen LogP contribution in [0, 0.1) is 0 Å². The van der Waals surface area contributed by atoms with Gasteiger partial charge in [-0.15, -0.1) is 0 Å². The number of aromatic nitrogens is 2. The van der Waals surface area contributed by atoms with Crippen LogP contribution < -0.4 is 14.2 Å². The number of hydrogen-bond acceptors (Lipinski definition) is 8. The van der Waals surface area contributed by atoms with Gasteiger partial charge < -0.3 is 23.5 Å². The molecular formula is C17H23N3O5. The number of likely N-dealkylation sites (N-methyl/N-ethyl adjacent to an activating group) is 1. The molecule has 0 spiro atoms. The highest BCUT2D eigenvalue weighted by atomic mass is 16.5. The molecule has 0 saturated carbocycles. The van der Waals surface area contributed by atoms with E-state index in [0.717, 1.165) is 19.6 Å². The monoisotopic (exact) mass is 349 g/mol. The van der Waals surface area contributed by atoms with Crippen molar-refractivity contribution in [1.29, 1.82) is 0 Å². The Labute approximate surface area is 146 Å². The van der Waals surface area contributed by atoms with E-state index in [1.165, 1.54) is 0 Å². The zero-order chi connectivity index (χ0) is 17.8. The van der Waals surface area contributed by atoms with Crippen molar-refractivity contribution in [2.24, 2.45) is 0 Å². The van der Waals surface area contributed by atoms with Crippen LogP contribution in [0.4, 0.5) is 0 Å². The van der Waals surface area contributed by atoms with E-state index >= 15 is 0 Å². The second kappa shape index (κ2) is 7.71. The maximum absolute atomic E-state index is 5.48. The van der Waals surface area contributed by atoms with Crippen molar-refractivity contribution in [3.05, 3.63) is 18.0 Å². The molecule has 8 nitrogen and oxygen atoms in total. The fourth-order valence-corrected chi connectivity index (χ4v) is 2.92. The minimum absolute atomic E-state index is 0.381. The molecule has 1 fully saturated rings. The van der Waals surface area contributed by atoms with Gasteiger partial charge in [-0.3, -0.25) is 4.90 Å². The van der Waals surface area contributed by atoms with Gasteiger partial charge in [-0.05, 0) is 25.6 Å². The maximum Gasteiger partial charge on any atom is 0.241 e. The van der Waals surface area contributed by atoms with Crippen molar-refractivity contribution < 1.29 is 23.5 Å². The van der Waals surface area contributed by atoms with Crippen molar-refractivity contribution >= 4 is 0 Å². The molecule has 1 aliphatic rings. The molecule has 0 N–H and O–H groups in total. The van der Waals surface area contributed by atoms with E-state index < -0.39 is 0 Å². The molecule has 8 heteroatoms. The largest absolute Gasteiger partial charge is 0.493 e. The fourth-order valence-electron chi connectivity index (χ4n) is 2.92. The predicted octanol–water partition coefficient (Wildman–Crippen LogP) is 1.98. The normalized spacial score (nSPS) is 17.1. The highest BCUT2D eigenvalue weighted by Gasteiger charge is 2.24. The van der Waals surface area contributed by atoms with Crippen LogP contribution in [0.25, 0.3) is 11.4 Å². The van der Waals surface area contributed by atoms with Gasteiger partial charge in [0.15, 0.2) is 11.5 Å². The Balaban J connectivity index is 1.84. The molecule has 1 atom stereocenters. The van der Waals surface area contributed by atoms with Gasteiger partial charge in [-0.2, -0.15) is 4.98 Å². The first-order chi connectivity index (χ1) is 12.2. The van der Waals surface area contributed by atoms with E-state index in [1.807, 2.05) is 13.1 Å². The average Bonchev–Trinajstić information content (AvgIpc) is 3.32. The number of ether oxygens (including phenoxy) is 4. The molecule has 1 aliphatic heterocycles. The molecule has 136 valence electrons. The van der Waals surface area contributed by atoms with Gasteiger partial charge in [0, 0.05) is 12.6 Å². The quantitative estimate of drug-likeness (QED) is 0.751. The first-order valence-corrected chi connectivity index (χ1v) is 8.07. The SMILES string of the molecule is COc1ccc(-c2noc(CN(C)C3CCOC3)n2)c(OC)c1OC. The zero-order valence-electron chi connectivity index (χ0n) is 14.9. The molecular weight excluding hydrogens is 326 g/mol. The van der Waals surface area contributed by atoms with Crippen LogP contribution in [0.2, 0.25) is 0 Å². The highest BCUT2D eigenvalue weighted by molar-refractivity contribution is 5.71.